The largest absolute Gasteiger partial charge is 0.369 e. The first kappa shape index (κ1) is 6.59. The number of nitrogens with two attached hydrogens (primary N) is 1. The van der Waals surface area contributed by atoms with Crippen molar-refractivity contribution in [1.29, 1.82) is 0 Å². The van der Waals surface area contributed by atoms with E-state index in [0.29, 0.717) is 5.92 Å². The molecule has 0 aromatic carbocycles. The maximum Gasteiger partial charge on any atom is 0.220 e. The third kappa shape index (κ3) is 1.44. The van der Waals surface area contributed by atoms with E-state index in [1.807, 2.05) is 0 Å². The summed E-state index contributed by atoms with van der Waals surface area (Å²) in [6, 6.07) is 0. The summed E-state index contributed by atoms with van der Waals surface area (Å²) < 4.78 is 0. The van der Waals surface area contributed by atoms with Crippen LogP contribution in [0.3, 0.4) is 0 Å². The molecule has 0 bridgehead atoms. The Labute approximate surface area is 55.4 Å². The molecule has 2 N–H and O–H groups in total. The van der Waals surface area contributed by atoms with E-state index in [0.717, 1.165) is 12.8 Å². The normalized spacial score (nSPS) is 34.8. The van der Waals surface area contributed by atoms with Crippen LogP contribution in [0.5, 0.6) is 0 Å². The summed E-state index contributed by atoms with van der Waals surface area (Å²) in [4.78, 5) is 10.6. The molecule has 0 aliphatic heterocycles. The van der Waals surface area contributed by atoms with Gasteiger partial charge in [0.1, 0.15) is 0 Å². The summed E-state index contributed by atoms with van der Waals surface area (Å²) in [6.45, 7) is 2.17. The lowest BCUT2D eigenvalue weighted by Gasteiger charge is -2.01. The molecule has 1 amide bonds. The summed E-state index contributed by atoms with van der Waals surface area (Å²) in [7, 11) is 0. The van der Waals surface area contributed by atoms with Crippen LogP contribution in [0.25, 0.3) is 0 Å². The average Bonchev–Trinajstić information content (AvgIpc) is 2.14. The summed E-state index contributed by atoms with van der Waals surface area (Å²) in [5, 5.41) is 0. The summed E-state index contributed by atoms with van der Waals surface area (Å²) in [6.07, 6.45) is 3.19. The maximum atomic E-state index is 10.6. The van der Waals surface area contributed by atoms with Crippen molar-refractivity contribution in [3.05, 3.63) is 0 Å². The fourth-order valence-electron chi connectivity index (χ4n) is 1.47. The van der Waals surface area contributed by atoms with Crippen molar-refractivity contribution in [2.24, 2.45) is 17.6 Å². The first-order valence-corrected chi connectivity index (χ1v) is 3.49. The van der Waals surface area contributed by atoms with Gasteiger partial charge in [0, 0.05) is 5.92 Å². The van der Waals surface area contributed by atoms with Gasteiger partial charge in [-0.1, -0.05) is 6.92 Å². The Morgan fingerprint density at radius 1 is 1.56 bits per heavy atom. The van der Waals surface area contributed by atoms with Crippen molar-refractivity contribution in [2.75, 3.05) is 0 Å². The molecule has 0 spiro atoms. The lowest BCUT2D eigenvalue weighted by molar-refractivity contribution is -0.121. The van der Waals surface area contributed by atoms with Crippen LogP contribution in [0.2, 0.25) is 0 Å². The van der Waals surface area contributed by atoms with Gasteiger partial charge in [0.05, 0.1) is 0 Å². The highest BCUT2D eigenvalue weighted by Gasteiger charge is 2.24. The lowest BCUT2D eigenvalue weighted by Crippen LogP contribution is -2.20. The number of carbonyl (C=O) groups excluding carboxylic acids is 1. The Morgan fingerprint density at radius 2 is 2.22 bits per heavy atom. The Morgan fingerprint density at radius 3 is 2.44 bits per heavy atom. The van der Waals surface area contributed by atoms with Crippen molar-refractivity contribution < 1.29 is 4.79 Å². The van der Waals surface area contributed by atoms with Gasteiger partial charge in [-0.2, -0.15) is 0 Å². The number of primary amides is 1. The van der Waals surface area contributed by atoms with Crippen molar-refractivity contribution in [3.8, 4) is 0 Å². The Balaban J connectivity index is 2.39. The minimum Gasteiger partial charge on any atom is -0.369 e. The molecule has 52 valence electrons. The van der Waals surface area contributed by atoms with E-state index in [1.54, 1.807) is 0 Å². The Kier molecular flexibility index (Phi) is 1.74. The third-order valence-electron chi connectivity index (χ3n) is 2.10. The molecule has 0 radical (unpaired) electrons. The zero-order valence-electron chi connectivity index (χ0n) is 5.76. The topological polar surface area (TPSA) is 43.1 Å². The SMILES string of the molecule is C[C@@H]1CC[C@H](C(N)=O)C1. The predicted molar refractivity (Wildman–Crippen MR) is 35.7 cm³/mol. The molecule has 1 aliphatic rings. The average molecular weight is 127 g/mol. The fourth-order valence-corrected chi connectivity index (χ4v) is 1.47. The van der Waals surface area contributed by atoms with E-state index >= 15 is 0 Å². The number of hydrogen-bond donors (Lipinski definition) is 1. The van der Waals surface area contributed by atoms with Gasteiger partial charge in [-0.15, -0.1) is 0 Å². The van der Waals surface area contributed by atoms with E-state index in [4.69, 9.17) is 5.73 Å². The van der Waals surface area contributed by atoms with Gasteiger partial charge in [-0.3, -0.25) is 4.79 Å². The molecule has 1 saturated carbocycles. The highest BCUT2D eigenvalue weighted by molar-refractivity contribution is 5.76. The van der Waals surface area contributed by atoms with E-state index in [9.17, 15) is 4.79 Å². The third-order valence-corrected chi connectivity index (χ3v) is 2.10. The van der Waals surface area contributed by atoms with Gasteiger partial charge in [0.25, 0.3) is 0 Å². The molecular formula is C7H13NO. The number of amides is 1. The molecule has 2 nitrogen and oxygen atoms in total. The van der Waals surface area contributed by atoms with Gasteiger partial charge in [-0.05, 0) is 25.2 Å². The van der Waals surface area contributed by atoms with Crippen LogP contribution in [0.1, 0.15) is 26.2 Å². The number of hydrogen-bond acceptors (Lipinski definition) is 1. The quantitative estimate of drug-likeness (QED) is 0.559. The lowest BCUT2D eigenvalue weighted by atomic mass is 10.1. The molecule has 2 heteroatoms. The molecule has 1 fully saturated rings. The number of carbonyl (C=O) groups is 1. The molecule has 1 rings (SSSR count). The molecule has 0 aromatic heterocycles. The summed E-state index contributed by atoms with van der Waals surface area (Å²) in [5.74, 6) is 0.779. The summed E-state index contributed by atoms with van der Waals surface area (Å²) in [5.41, 5.74) is 5.12. The van der Waals surface area contributed by atoms with Crippen molar-refractivity contribution in [2.45, 2.75) is 26.2 Å². The predicted octanol–water partition coefficient (Wildman–Crippen LogP) is 0.908. The van der Waals surface area contributed by atoms with E-state index < -0.39 is 0 Å². The van der Waals surface area contributed by atoms with E-state index in [-0.39, 0.29) is 11.8 Å². The minimum absolute atomic E-state index is 0.112. The second kappa shape index (κ2) is 2.38. The van der Waals surface area contributed by atoms with Crippen LogP contribution in [0, 0.1) is 11.8 Å². The molecule has 9 heavy (non-hydrogen) atoms. The van der Waals surface area contributed by atoms with Crippen LogP contribution in [0.4, 0.5) is 0 Å². The molecule has 1 aliphatic carbocycles. The zero-order valence-corrected chi connectivity index (χ0v) is 5.76. The van der Waals surface area contributed by atoms with Crippen molar-refractivity contribution in [3.63, 3.8) is 0 Å². The molecule has 2 atom stereocenters. The van der Waals surface area contributed by atoms with Gasteiger partial charge in [-0.25, -0.2) is 0 Å². The highest BCUT2D eigenvalue weighted by Crippen LogP contribution is 2.29. The summed E-state index contributed by atoms with van der Waals surface area (Å²) >= 11 is 0. The second-order valence-corrected chi connectivity index (χ2v) is 3.02. The molecule has 0 saturated heterocycles. The standard InChI is InChI=1S/C7H13NO/c1-5-2-3-6(4-5)7(8)9/h5-6H,2-4H2,1H3,(H2,8,9)/t5-,6+/m1/s1. The molecule has 0 aromatic rings. The number of rotatable bonds is 1. The molecule has 0 unspecified atom stereocenters. The maximum absolute atomic E-state index is 10.6. The Bertz CT molecular complexity index is 122. The second-order valence-electron chi connectivity index (χ2n) is 3.02. The van der Waals surface area contributed by atoms with Crippen LogP contribution in [-0.2, 0) is 4.79 Å². The van der Waals surface area contributed by atoms with E-state index in [1.165, 1.54) is 6.42 Å². The smallest absolute Gasteiger partial charge is 0.220 e. The van der Waals surface area contributed by atoms with Crippen LogP contribution in [0.15, 0.2) is 0 Å². The van der Waals surface area contributed by atoms with Gasteiger partial charge in [0.2, 0.25) is 5.91 Å². The van der Waals surface area contributed by atoms with Crippen LogP contribution in [-0.4, -0.2) is 5.91 Å². The monoisotopic (exact) mass is 127 g/mol. The highest BCUT2D eigenvalue weighted by atomic mass is 16.1. The van der Waals surface area contributed by atoms with E-state index in [2.05, 4.69) is 6.92 Å². The van der Waals surface area contributed by atoms with Crippen LogP contribution < -0.4 is 5.73 Å². The zero-order chi connectivity index (χ0) is 6.85. The first-order valence-electron chi connectivity index (χ1n) is 3.49. The van der Waals surface area contributed by atoms with Gasteiger partial charge in [0.15, 0.2) is 0 Å². The fraction of sp³-hybridized carbons (Fsp3) is 0.857. The van der Waals surface area contributed by atoms with Gasteiger partial charge < -0.3 is 5.73 Å². The first-order chi connectivity index (χ1) is 4.20. The van der Waals surface area contributed by atoms with Crippen LogP contribution >= 0.6 is 0 Å². The van der Waals surface area contributed by atoms with Crippen molar-refractivity contribution >= 4 is 5.91 Å². The molecular weight excluding hydrogens is 114 g/mol. The Hall–Kier alpha value is -0.530. The molecule has 0 heterocycles. The van der Waals surface area contributed by atoms with Gasteiger partial charge >= 0.3 is 0 Å². The minimum atomic E-state index is -0.112. The van der Waals surface area contributed by atoms with Crippen molar-refractivity contribution in [1.82, 2.24) is 0 Å².